The fourth-order valence-corrected chi connectivity index (χ4v) is 3.19. The Hall–Kier alpha value is -2.86. The van der Waals surface area contributed by atoms with Gasteiger partial charge in [0.2, 0.25) is 6.79 Å². The normalized spacial score (nSPS) is 18.6. The number of hydrogen-bond donors (Lipinski definition) is 3. The van der Waals surface area contributed by atoms with Gasteiger partial charge in [-0.2, -0.15) is 0 Å². The van der Waals surface area contributed by atoms with E-state index in [2.05, 4.69) is 5.48 Å². The summed E-state index contributed by atoms with van der Waals surface area (Å²) in [7, 11) is 0. The second-order valence-electron chi connectivity index (χ2n) is 6.10. The van der Waals surface area contributed by atoms with Gasteiger partial charge in [-0.05, 0) is 42.7 Å². The molecule has 2 aromatic carbocycles. The minimum absolute atomic E-state index is 0.0288. The van der Waals surface area contributed by atoms with Gasteiger partial charge in [-0.15, -0.1) is 5.48 Å². The Balaban J connectivity index is 1.87. The molecular formula is C19H19NO5. The number of rotatable bonds is 3. The molecule has 0 aromatic heterocycles. The number of hydroxylamine groups is 1. The first-order valence-electron chi connectivity index (χ1n) is 8.20. The van der Waals surface area contributed by atoms with Crippen LogP contribution in [-0.2, 0) is 11.3 Å². The van der Waals surface area contributed by atoms with Crippen LogP contribution in [0.3, 0.4) is 0 Å². The second kappa shape index (κ2) is 5.89. The van der Waals surface area contributed by atoms with Crippen LogP contribution in [-0.4, -0.2) is 23.0 Å². The predicted octanol–water partition coefficient (Wildman–Crippen LogP) is 3.18. The maximum absolute atomic E-state index is 10.3. The molecule has 0 saturated carbocycles. The molecule has 0 saturated heterocycles. The molecule has 0 aliphatic carbocycles. The smallest absolute Gasteiger partial charge is 0.231 e. The van der Waals surface area contributed by atoms with Gasteiger partial charge in [0.1, 0.15) is 11.5 Å². The molecule has 2 aliphatic heterocycles. The topological polar surface area (TPSA) is 80.2 Å². The first-order valence-corrected chi connectivity index (χ1v) is 8.20. The number of aryl methyl sites for hydroxylation is 1. The average Bonchev–Trinajstić information content (AvgIpc) is 3.20. The van der Waals surface area contributed by atoms with Crippen LogP contribution < -0.4 is 15.0 Å². The fourth-order valence-electron chi connectivity index (χ4n) is 3.19. The lowest BCUT2D eigenvalue weighted by molar-refractivity contribution is 0.167. The molecule has 4 rings (SSSR count). The SMILES string of the molecule is CCc1cc(C2=C(c3ccc4c(c3)OCO4)C(C)NO2)c(O)cc1O. The van der Waals surface area contributed by atoms with Crippen molar-refractivity contribution in [1.29, 1.82) is 0 Å². The molecule has 0 spiro atoms. The van der Waals surface area contributed by atoms with E-state index in [1.54, 1.807) is 6.07 Å². The quantitative estimate of drug-likeness (QED) is 0.796. The zero-order valence-electron chi connectivity index (χ0n) is 14.0. The highest BCUT2D eigenvalue weighted by Crippen LogP contribution is 2.42. The van der Waals surface area contributed by atoms with Crippen molar-refractivity contribution in [3.8, 4) is 23.0 Å². The van der Waals surface area contributed by atoms with E-state index in [0.29, 0.717) is 29.2 Å². The highest BCUT2D eigenvalue weighted by Gasteiger charge is 2.29. The third-order valence-electron chi connectivity index (χ3n) is 4.52. The number of ether oxygens (including phenoxy) is 2. The molecule has 6 nitrogen and oxygen atoms in total. The van der Waals surface area contributed by atoms with Gasteiger partial charge in [-0.25, -0.2) is 0 Å². The van der Waals surface area contributed by atoms with Crippen LogP contribution in [0.1, 0.15) is 30.5 Å². The van der Waals surface area contributed by atoms with Gasteiger partial charge in [-0.1, -0.05) is 13.0 Å². The van der Waals surface area contributed by atoms with Crippen molar-refractivity contribution in [2.75, 3.05) is 6.79 Å². The number of fused-ring (bicyclic) bond motifs is 1. The third-order valence-corrected chi connectivity index (χ3v) is 4.52. The molecule has 1 atom stereocenters. The summed E-state index contributed by atoms with van der Waals surface area (Å²) in [5.41, 5.74) is 6.05. The summed E-state index contributed by atoms with van der Waals surface area (Å²) in [5.74, 6) is 1.99. The Morgan fingerprint density at radius 3 is 2.68 bits per heavy atom. The minimum Gasteiger partial charge on any atom is -0.508 e. The molecule has 130 valence electrons. The van der Waals surface area contributed by atoms with Gasteiger partial charge in [0.25, 0.3) is 0 Å². The van der Waals surface area contributed by atoms with Crippen molar-refractivity contribution in [2.24, 2.45) is 0 Å². The summed E-state index contributed by atoms with van der Waals surface area (Å²) in [6, 6.07) is 8.74. The van der Waals surface area contributed by atoms with Gasteiger partial charge < -0.3 is 24.5 Å². The highest BCUT2D eigenvalue weighted by molar-refractivity contribution is 5.93. The van der Waals surface area contributed by atoms with E-state index in [9.17, 15) is 10.2 Å². The molecule has 1 unspecified atom stereocenters. The Bertz CT molecular complexity index is 874. The number of phenols is 2. The number of benzene rings is 2. The molecule has 0 fully saturated rings. The van der Waals surface area contributed by atoms with Crippen LogP contribution >= 0.6 is 0 Å². The molecular weight excluding hydrogens is 322 g/mol. The third kappa shape index (κ3) is 2.55. The van der Waals surface area contributed by atoms with Gasteiger partial charge in [0.05, 0.1) is 11.6 Å². The van der Waals surface area contributed by atoms with Crippen LogP contribution in [0, 0.1) is 0 Å². The molecule has 0 amide bonds. The van der Waals surface area contributed by atoms with E-state index in [4.69, 9.17) is 14.3 Å². The Morgan fingerprint density at radius 2 is 1.88 bits per heavy atom. The van der Waals surface area contributed by atoms with Crippen LogP contribution in [0.5, 0.6) is 23.0 Å². The molecule has 3 N–H and O–H groups in total. The summed E-state index contributed by atoms with van der Waals surface area (Å²) in [6.45, 7) is 4.14. The maximum atomic E-state index is 10.3. The van der Waals surface area contributed by atoms with Crippen LogP contribution in [0.15, 0.2) is 30.3 Å². The van der Waals surface area contributed by atoms with Crippen LogP contribution in [0.25, 0.3) is 11.3 Å². The minimum atomic E-state index is -0.0753. The standard InChI is InChI=1S/C19H19NO5/c1-3-11-6-13(15(22)8-14(11)21)19-18(10(2)20-25-19)12-4-5-16-17(7-12)24-9-23-16/h4-8,10,20-22H,3,9H2,1-2H3. The number of aromatic hydroxyl groups is 2. The summed E-state index contributed by atoms with van der Waals surface area (Å²) in [6.07, 6.45) is 0.648. The number of hydrogen-bond acceptors (Lipinski definition) is 6. The zero-order chi connectivity index (χ0) is 17.6. The number of nitrogens with one attached hydrogen (secondary N) is 1. The van der Waals surface area contributed by atoms with Crippen molar-refractivity contribution in [3.63, 3.8) is 0 Å². The van der Waals surface area contributed by atoms with Gasteiger partial charge in [0.15, 0.2) is 17.3 Å². The van der Waals surface area contributed by atoms with Crippen molar-refractivity contribution < 1.29 is 24.5 Å². The largest absolute Gasteiger partial charge is 0.508 e. The van der Waals surface area contributed by atoms with Crippen molar-refractivity contribution >= 4 is 11.3 Å². The lowest BCUT2D eigenvalue weighted by Crippen LogP contribution is -2.18. The Morgan fingerprint density at radius 1 is 1.08 bits per heavy atom. The van der Waals surface area contributed by atoms with E-state index in [1.807, 2.05) is 32.0 Å². The van der Waals surface area contributed by atoms with Gasteiger partial charge in [-0.3, -0.25) is 0 Å². The molecule has 6 heteroatoms. The Kier molecular flexibility index (Phi) is 3.69. The lowest BCUT2D eigenvalue weighted by Gasteiger charge is -2.12. The maximum Gasteiger partial charge on any atom is 0.231 e. The lowest BCUT2D eigenvalue weighted by atomic mass is 9.95. The van der Waals surface area contributed by atoms with E-state index in [0.717, 1.165) is 16.7 Å². The zero-order valence-corrected chi connectivity index (χ0v) is 14.0. The predicted molar refractivity (Wildman–Crippen MR) is 92.2 cm³/mol. The average molecular weight is 341 g/mol. The van der Waals surface area contributed by atoms with E-state index in [-0.39, 0.29) is 24.3 Å². The molecule has 0 bridgehead atoms. The summed E-state index contributed by atoms with van der Waals surface area (Å²) in [5, 5.41) is 20.3. The van der Waals surface area contributed by atoms with Gasteiger partial charge in [0, 0.05) is 11.6 Å². The molecule has 2 aliphatic rings. The number of phenolic OH excluding ortho intramolecular Hbond substituents is 2. The van der Waals surface area contributed by atoms with E-state index in [1.165, 1.54) is 6.07 Å². The summed E-state index contributed by atoms with van der Waals surface area (Å²) in [4.78, 5) is 5.67. The van der Waals surface area contributed by atoms with Crippen molar-refractivity contribution in [1.82, 2.24) is 5.48 Å². The van der Waals surface area contributed by atoms with E-state index >= 15 is 0 Å². The highest BCUT2D eigenvalue weighted by atomic mass is 16.7. The summed E-state index contributed by atoms with van der Waals surface area (Å²) >= 11 is 0. The van der Waals surface area contributed by atoms with E-state index < -0.39 is 0 Å². The monoisotopic (exact) mass is 341 g/mol. The molecule has 2 heterocycles. The molecule has 2 aromatic rings. The Labute approximate surface area is 145 Å². The molecule has 0 radical (unpaired) electrons. The van der Waals surface area contributed by atoms with Crippen LogP contribution in [0.4, 0.5) is 0 Å². The van der Waals surface area contributed by atoms with Crippen molar-refractivity contribution in [3.05, 3.63) is 47.0 Å². The molecule has 25 heavy (non-hydrogen) atoms. The summed E-state index contributed by atoms with van der Waals surface area (Å²) < 4.78 is 10.8. The second-order valence-corrected chi connectivity index (χ2v) is 6.10. The van der Waals surface area contributed by atoms with Crippen molar-refractivity contribution in [2.45, 2.75) is 26.3 Å². The van der Waals surface area contributed by atoms with Crippen LogP contribution in [0.2, 0.25) is 0 Å². The fraction of sp³-hybridized carbons (Fsp3) is 0.263. The first-order chi connectivity index (χ1) is 12.1. The van der Waals surface area contributed by atoms with Gasteiger partial charge >= 0.3 is 0 Å². The first kappa shape index (κ1) is 15.7.